The highest BCUT2D eigenvalue weighted by atomic mass is 32.2. The van der Waals surface area contributed by atoms with Gasteiger partial charge in [-0.1, -0.05) is 18.2 Å². The van der Waals surface area contributed by atoms with Crippen LogP contribution >= 0.6 is 11.3 Å². The van der Waals surface area contributed by atoms with E-state index in [-0.39, 0.29) is 16.9 Å². The Labute approximate surface area is 179 Å². The predicted molar refractivity (Wildman–Crippen MR) is 115 cm³/mol. The summed E-state index contributed by atoms with van der Waals surface area (Å²) in [5.41, 5.74) is 1.50. The Morgan fingerprint density at radius 1 is 1.20 bits per heavy atom. The van der Waals surface area contributed by atoms with Gasteiger partial charge in [0.25, 0.3) is 15.9 Å². The molecule has 0 saturated carbocycles. The first kappa shape index (κ1) is 20.4. The molecule has 2 aromatic carbocycles. The lowest BCUT2D eigenvalue weighted by Gasteiger charge is -2.18. The lowest BCUT2D eigenvalue weighted by molar-refractivity contribution is 0.0772. The largest absolute Gasteiger partial charge is 0.488 e. The average molecular weight is 444 g/mol. The summed E-state index contributed by atoms with van der Waals surface area (Å²) in [7, 11) is -3.74. The van der Waals surface area contributed by atoms with E-state index in [2.05, 4.69) is 9.71 Å². The highest BCUT2D eigenvalue weighted by Gasteiger charge is 2.29. The molecule has 1 aliphatic heterocycles. The van der Waals surface area contributed by atoms with Gasteiger partial charge in [0.1, 0.15) is 11.9 Å². The highest BCUT2D eigenvalue weighted by Crippen LogP contribution is 2.23. The van der Waals surface area contributed by atoms with Crippen LogP contribution in [0.15, 0.2) is 65.0 Å². The number of nitrogens with one attached hydrogen (secondary N) is 1. The van der Waals surface area contributed by atoms with Gasteiger partial charge in [-0.2, -0.15) is 0 Å². The molecule has 30 heavy (non-hydrogen) atoms. The van der Waals surface area contributed by atoms with E-state index in [0.29, 0.717) is 23.8 Å². The number of rotatable bonds is 6. The van der Waals surface area contributed by atoms with E-state index in [0.717, 1.165) is 17.7 Å². The monoisotopic (exact) mass is 443 g/mol. The number of amides is 1. The lowest BCUT2D eigenvalue weighted by Crippen LogP contribution is -2.31. The molecule has 1 aliphatic rings. The van der Waals surface area contributed by atoms with E-state index in [1.807, 2.05) is 31.2 Å². The van der Waals surface area contributed by atoms with Gasteiger partial charge in [-0.3, -0.25) is 9.52 Å². The molecule has 1 saturated heterocycles. The lowest BCUT2D eigenvalue weighted by atomic mass is 10.2. The van der Waals surface area contributed by atoms with Crippen LogP contribution in [0.1, 0.15) is 22.3 Å². The van der Waals surface area contributed by atoms with Crippen molar-refractivity contribution < 1.29 is 17.9 Å². The second kappa shape index (κ2) is 8.45. The molecule has 0 aliphatic carbocycles. The number of aryl methyl sites for hydroxylation is 1. The molecular weight excluding hydrogens is 422 g/mol. The van der Waals surface area contributed by atoms with Crippen molar-refractivity contribution in [2.75, 3.05) is 17.8 Å². The van der Waals surface area contributed by atoms with Crippen LogP contribution in [0.4, 0.5) is 5.13 Å². The third kappa shape index (κ3) is 4.47. The van der Waals surface area contributed by atoms with Crippen LogP contribution in [0, 0.1) is 6.92 Å². The summed E-state index contributed by atoms with van der Waals surface area (Å²) in [6, 6.07) is 13.7. The summed E-state index contributed by atoms with van der Waals surface area (Å²) < 4.78 is 33.3. The molecule has 0 bridgehead atoms. The van der Waals surface area contributed by atoms with Crippen LogP contribution < -0.4 is 9.46 Å². The van der Waals surface area contributed by atoms with Crippen molar-refractivity contribution in [3.63, 3.8) is 0 Å². The Hall–Kier alpha value is -2.91. The second-order valence-corrected chi connectivity index (χ2v) is 9.59. The van der Waals surface area contributed by atoms with Gasteiger partial charge in [0.2, 0.25) is 0 Å². The molecule has 3 aromatic rings. The van der Waals surface area contributed by atoms with E-state index >= 15 is 0 Å². The molecular formula is C21H21N3O4S2. The SMILES string of the molecule is Cc1ccccc1O[C@H]1CCN(C(=O)c2ccc(S(=O)(=O)Nc3nccs3)cc2)C1. The minimum atomic E-state index is -3.74. The Morgan fingerprint density at radius 2 is 1.97 bits per heavy atom. The van der Waals surface area contributed by atoms with Crippen molar-refractivity contribution in [2.24, 2.45) is 0 Å². The molecule has 7 nitrogen and oxygen atoms in total. The Kier molecular flexibility index (Phi) is 5.74. The maximum atomic E-state index is 12.8. The third-order valence-electron chi connectivity index (χ3n) is 4.89. The fourth-order valence-electron chi connectivity index (χ4n) is 3.28. The molecule has 1 fully saturated rings. The van der Waals surface area contributed by atoms with E-state index < -0.39 is 10.0 Å². The molecule has 2 heterocycles. The predicted octanol–water partition coefficient (Wildman–Crippen LogP) is 3.55. The summed E-state index contributed by atoms with van der Waals surface area (Å²) in [5, 5.41) is 1.98. The highest BCUT2D eigenvalue weighted by molar-refractivity contribution is 7.93. The zero-order chi connectivity index (χ0) is 21.1. The van der Waals surface area contributed by atoms with E-state index in [9.17, 15) is 13.2 Å². The number of benzene rings is 2. The van der Waals surface area contributed by atoms with Crippen molar-refractivity contribution in [3.05, 3.63) is 71.2 Å². The number of thiazole rings is 1. The van der Waals surface area contributed by atoms with E-state index in [1.165, 1.54) is 41.8 Å². The maximum absolute atomic E-state index is 12.8. The molecule has 9 heteroatoms. The molecule has 1 N–H and O–H groups in total. The van der Waals surface area contributed by atoms with Crippen LogP contribution in [0.3, 0.4) is 0 Å². The first-order chi connectivity index (χ1) is 14.4. The molecule has 1 amide bonds. The summed E-state index contributed by atoms with van der Waals surface area (Å²) in [4.78, 5) is 18.6. The molecule has 1 aromatic heterocycles. The number of nitrogens with zero attached hydrogens (tertiary/aromatic N) is 2. The van der Waals surface area contributed by atoms with Gasteiger partial charge in [0.05, 0.1) is 11.4 Å². The number of sulfonamides is 1. The zero-order valence-corrected chi connectivity index (χ0v) is 17.9. The Balaban J connectivity index is 1.40. The Morgan fingerprint density at radius 3 is 2.67 bits per heavy atom. The van der Waals surface area contributed by atoms with Gasteiger partial charge in [-0.15, -0.1) is 11.3 Å². The quantitative estimate of drug-likeness (QED) is 0.629. The van der Waals surface area contributed by atoms with E-state index in [4.69, 9.17) is 4.74 Å². The van der Waals surface area contributed by atoms with Crippen LogP contribution in [0.25, 0.3) is 0 Å². The fourth-order valence-corrected chi connectivity index (χ4v) is 5.07. The first-order valence-corrected chi connectivity index (χ1v) is 11.8. The van der Waals surface area contributed by atoms with Crippen molar-refractivity contribution >= 4 is 32.4 Å². The molecule has 0 spiro atoms. The summed E-state index contributed by atoms with van der Waals surface area (Å²) in [5.74, 6) is 0.696. The van der Waals surface area contributed by atoms with Crippen molar-refractivity contribution in [1.82, 2.24) is 9.88 Å². The number of hydrogen-bond acceptors (Lipinski definition) is 6. The van der Waals surface area contributed by atoms with Gasteiger partial charge in [-0.25, -0.2) is 13.4 Å². The maximum Gasteiger partial charge on any atom is 0.263 e. The number of hydrogen-bond donors (Lipinski definition) is 1. The number of likely N-dealkylation sites (tertiary alicyclic amines) is 1. The normalized spacial score (nSPS) is 16.4. The minimum Gasteiger partial charge on any atom is -0.488 e. The minimum absolute atomic E-state index is 0.0582. The number of carbonyl (C=O) groups is 1. The number of aromatic nitrogens is 1. The fraction of sp³-hybridized carbons (Fsp3) is 0.238. The zero-order valence-electron chi connectivity index (χ0n) is 16.3. The van der Waals surface area contributed by atoms with Gasteiger partial charge >= 0.3 is 0 Å². The number of para-hydroxylation sites is 1. The van der Waals surface area contributed by atoms with Gasteiger partial charge < -0.3 is 9.64 Å². The van der Waals surface area contributed by atoms with E-state index in [1.54, 1.807) is 10.3 Å². The van der Waals surface area contributed by atoms with Gasteiger partial charge in [0, 0.05) is 30.1 Å². The third-order valence-corrected chi connectivity index (χ3v) is 7.06. The van der Waals surface area contributed by atoms with Crippen LogP contribution in [-0.2, 0) is 10.0 Å². The number of anilines is 1. The first-order valence-electron chi connectivity index (χ1n) is 9.46. The van der Waals surface area contributed by atoms with Crippen LogP contribution in [-0.4, -0.2) is 43.4 Å². The molecule has 4 rings (SSSR count). The number of ether oxygens (including phenoxy) is 1. The van der Waals surface area contributed by atoms with Crippen molar-refractivity contribution in [2.45, 2.75) is 24.3 Å². The molecule has 0 unspecified atom stereocenters. The standard InChI is InChI=1S/C21H21N3O4S2/c1-15-4-2-3-5-19(15)28-17-10-12-24(14-17)20(25)16-6-8-18(9-7-16)30(26,27)23-21-22-11-13-29-21/h2-9,11,13,17H,10,12,14H2,1H3,(H,22,23)/t17-/m0/s1. The Bertz CT molecular complexity index is 1130. The van der Waals surface area contributed by atoms with Gasteiger partial charge in [-0.05, 0) is 42.8 Å². The number of carbonyl (C=O) groups excluding carboxylic acids is 1. The average Bonchev–Trinajstić information content (AvgIpc) is 3.41. The van der Waals surface area contributed by atoms with Crippen LogP contribution in [0.2, 0.25) is 0 Å². The van der Waals surface area contributed by atoms with Gasteiger partial charge in [0.15, 0.2) is 5.13 Å². The summed E-state index contributed by atoms with van der Waals surface area (Å²) in [6.07, 6.45) is 2.22. The molecule has 1 atom stereocenters. The van der Waals surface area contributed by atoms with Crippen molar-refractivity contribution in [3.8, 4) is 5.75 Å². The van der Waals surface area contributed by atoms with Crippen molar-refractivity contribution in [1.29, 1.82) is 0 Å². The van der Waals surface area contributed by atoms with Crippen LogP contribution in [0.5, 0.6) is 5.75 Å². The second-order valence-electron chi connectivity index (χ2n) is 7.01. The molecule has 0 radical (unpaired) electrons. The molecule has 156 valence electrons. The summed E-state index contributed by atoms with van der Waals surface area (Å²) in [6.45, 7) is 3.09. The summed E-state index contributed by atoms with van der Waals surface area (Å²) >= 11 is 1.20. The smallest absolute Gasteiger partial charge is 0.263 e. The topological polar surface area (TPSA) is 88.6 Å².